The second-order valence-corrected chi connectivity index (χ2v) is 5.85. The quantitative estimate of drug-likeness (QED) is 0.583. The summed E-state index contributed by atoms with van der Waals surface area (Å²) in [6.07, 6.45) is 0.409. The van der Waals surface area contributed by atoms with Crippen molar-refractivity contribution in [3.8, 4) is 0 Å². The normalized spacial score (nSPS) is 10.1. The standard InChI is InChI=1S/C20H22FN3O3/c21-17-9-5-4-8-16(17)20(27)24-13-12-23-18(25)10-11-22-19(26)14-15-6-2-1-3-7-15/h1-9H,10-14H2,(H,22,26)(H,23,25)(H,24,27). The van der Waals surface area contributed by atoms with E-state index in [1.165, 1.54) is 18.2 Å². The second-order valence-electron chi connectivity index (χ2n) is 5.85. The molecule has 0 spiro atoms. The predicted octanol–water partition coefficient (Wildman–Crippen LogP) is 1.42. The van der Waals surface area contributed by atoms with Crippen LogP contribution >= 0.6 is 0 Å². The summed E-state index contributed by atoms with van der Waals surface area (Å²) in [7, 11) is 0. The zero-order valence-electron chi connectivity index (χ0n) is 14.8. The van der Waals surface area contributed by atoms with Crippen molar-refractivity contribution in [1.29, 1.82) is 0 Å². The van der Waals surface area contributed by atoms with Crippen LogP contribution in [0.5, 0.6) is 0 Å². The van der Waals surface area contributed by atoms with E-state index in [-0.39, 0.29) is 49.9 Å². The summed E-state index contributed by atoms with van der Waals surface area (Å²) in [4.78, 5) is 35.3. The molecule has 0 radical (unpaired) electrons. The van der Waals surface area contributed by atoms with Gasteiger partial charge in [0.15, 0.2) is 0 Å². The Bertz CT molecular complexity index is 781. The molecule has 7 heteroatoms. The zero-order chi connectivity index (χ0) is 19.5. The van der Waals surface area contributed by atoms with E-state index in [4.69, 9.17) is 0 Å². The summed E-state index contributed by atoms with van der Waals surface area (Å²) in [5.74, 6) is -1.51. The summed E-state index contributed by atoms with van der Waals surface area (Å²) in [5.41, 5.74) is 0.870. The van der Waals surface area contributed by atoms with Crippen molar-refractivity contribution in [3.63, 3.8) is 0 Å². The number of amides is 3. The van der Waals surface area contributed by atoms with Gasteiger partial charge in [-0.1, -0.05) is 42.5 Å². The first kappa shape index (κ1) is 20.1. The molecule has 0 atom stereocenters. The Morgan fingerprint density at radius 1 is 0.741 bits per heavy atom. The molecule has 0 aromatic heterocycles. The van der Waals surface area contributed by atoms with Crippen LogP contribution in [0.25, 0.3) is 0 Å². The molecule has 0 bridgehead atoms. The van der Waals surface area contributed by atoms with Gasteiger partial charge in [0.1, 0.15) is 5.82 Å². The Labute approximate surface area is 157 Å². The second kappa shape index (κ2) is 10.7. The molecule has 2 aromatic rings. The number of rotatable bonds is 9. The molecule has 0 saturated heterocycles. The number of hydrogen-bond donors (Lipinski definition) is 3. The van der Waals surface area contributed by atoms with Crippen LogP contribution in [0.1, 0.15) is 22.3 Å². The molecule has 0 aliphatic carbocycles. The molecule has 6 nitrogen and oxygen atoms in total. The Morgan fingerprint density at radius 3 is 2.11 bits per heavy atom. The van der Waals surface area contributed by atoms with Gasteiger partial charge >= 0.3 is 0 Å². The fourth-order valence-electron chi connectivity index (χ4n) is 2.37. The molecule has 3 N–H and O–H groups in total. The van der Waals surface area contributed by atoms with Crippen molar-refractivity contribution in [2.24, 2.45) is 0 Å². The van der Waals surface area contributed by atoms with E-state index in [9.17, 15) is 18.8 Å². The monoisotopic (exact) mass is 371 g/mol. The van der Waals surface area contributed by atoms with Crippen LogP contribution in [0.3, 0.4) is 0 Å². The minimum Gasteiger partial charge on any atom is -0.355 e. The van der Waals surface area contributed by atoms with Crippen molar-refractivity contribution >= 4 is 17.7 Å². The SMILES string of the molecule is O=C(CCNC(=O)Cc1ccccc1)NCCNC(=O)c1ccccc1F. The lowest BCUT2D eigenvalue weighted by atomic mass is 10.1. The molecule has 27 heavy (non-hydrogen) atoms. The fourth-order valence-corrected chi connectivity index (χ4v) is 2.37. The van der Waals surface area contributed by atoms with Gasteiger partial charge < -0.3 is 16.0 Å². The average Bonchev–Trinajstić information content (AvgIpc) is 2.66. The number of halogens is 1. The van der Waals surface area contributed by atoms with E-state index < -0.39 is 11.7 Å². The first-order valence-electron chi connectivity index (χ1n) is 8.66. The molecule has 0 aliphatic rings. The highest BCUT2D eigenvalue weighted by Crippen LogP contribution is 2.05. The van der Waals surface area contributed by atoms with Gasteiger partial charge in [0.2, 0.25) is 11.8 Å². The van der Waals surface area contributed by atoms with Crippen LogP contribution in [0.2, 0.25) is 0 Å². The third kappa shape index (κ3) is 7.27. The van der Waals surface area contributed by atoms with Gasteiger partial charge in [-0.2, -0.15) is 0 Å². The maximum absolute atomic E-state index is 13.5. The van der Waals surface area contributed by atoms with Crippen molar-refractivity contribution in [1.82, 2.24) is 16.0 Å². The van der Waals surface area contributed by atoms with E-state index in [0.29, 0.717) is 0 Å². The molecule has 0 saturated carbocycles. The van der Waals surface area contributed by atoms with Crippen molar-refractivity contribution in [2.45, 2.75) is 12.8 Å². The summed E-state index contributed by atoms with van der Waals surface area (Å²) >= 11 is 0. The molecule has 2 rings (SSSR count). The van der Waals surface area contributed by atoms with Crippen LogP contribution in [0.4, 0.5) is 4.39 Å². The molecular formula is C20H22FN3O3. The van der Waals surface area contributed by atoms with Gasteiger partial charge in [-0.25, -0.2) is 4.39 Å². The third-order valence-corrected chi connectivity index (χ3v) is 3.73. The van der Waals surface area contributed by atoms with Gasteiger partial charge in [-0.3, -0.25) is 14.4 Å². The predicted molar refractivity (Wildman–Crippen MR) is 99.5 cm³/mol. The number of benzene rings is 2. The highest BCUT2D eigenvalue weighted by Gasteiger charge is 2.10. The Kier molecular flexibility index (Phi) is 7.96. The van der Waals surface area contributed by atoms with Crippen molar-refractivity contribution in [2.75, 3.05) is 19.6 Å². The number of carbonyl (C=O) groups excluding carboxylic acids is 3. The zero-order valence-corrected chi connectivity index (χ0v) is 14.8. The van der Waals surface area contributed by atoms with Crippen LogP contribution in [0, 0.1) is 5.82 Å². The van der Waals surface area contributed by atoms with Gasteiger partial charge in [-0.05, 0) is 17.7 Å². The molecule has 3 amide bonds. The average molecular weight is 371 g/mol. The first-order chi connectivity index (χ1) is 13.1. The minimum atomic E-state index is -0.592. The van der Waals surface area contributed by atoms with Gasteiger partial charge in [0, 0.05) is 26.1 Å². The highest BCUT2D eigenvalue weighted by molar-refractivity contribution is 5.94. The first-order valence-corrected chi connectivity index (χ1v) is 8.66. The number of carbonyl (C=O) groups is 3. The molecule has 0 aliphatic heterocycles. The topological polar surface area (TPSA) is 87.3 Å². The van der Waals surface area contributed by atoms with Crippen molar-refractivity contribution < 1.29 is 18.8 Å². The Balaban J connectivity index is 1.56. The molecule has 142 valence electrons. The van der Waals surface area contributed by atoms with Crippen LogP contribution < -0.4 is 16.0 Å². The number of hydrogen-bond acceptors (Lipinski definition) is 3. The van der Waals surface area contributed by atoms with Crippen LogP contribution in [0.15, 0.2) is 54.6 Å². The van der Waals surface area contributed by atoms with Gasteiger partial charge in [0.25, 0.3) is 5.91 Å². The molecule has 0 unspecified atom stereocenters. The molecule has 0 fully saturated rings. The Morgan fingerprint density at radius 2 is 1.37 bits per heavy atom. The lowest BCUT2D eigenvalue weighted by Crippen LogP contribution is -2.36. The highest BCUT2D eigenvalue weighted by atomic mass is 19.1. The molecule has 2 aromatic carbocycles. The van der Waals surface area contributed by atoms with E-state index in [1.54, 1.807) is 6.07 Å². The van der Waals surface area contributed by atoms with E-state index >= 15 is 0 Å². The Hall–Kier alpha value is -3.22. The largest absolute Gasteiger partial charge is 0.355 e. The summed E-state index contributed by atoms with van der Waals surface area (Å²) in [6, 6.07) is 15.0. The lowest BCUT2D eigenvalue weighted by molar-refractivity contribution is -0.122. The molecule has 0 heterocycles. The van der Waals surface area contributed by atoms with Crippen molar-refractivity contribution in [3.05, 3.63) is 71.5 Å². The number of nitrogens with one attached hydrogen (secondary N) is 3. The molecular weight excluding hydrogens is 349 g/mol. The summed E-state index contributed by atoms with van der Waals surface area (Å²) in [6.45, 7) is 0.634. The maximum atomic E-state index is 13.5. The fraction of sp³-hybridized carbons (Fsp3) is 0.250. The smallest absolute Gasteiger partial charge is 0.254 e. The summed E-state index contributed by atoms with van der Waals surface area (Å²) in [5, 5.41) is 7.85. The van der Waals surface area contributed by atoms with E-state index in [0.717, 1.165) is 5.56 Å². The van der Waals surface area contributed by atoms with Crippen LogP contribution in [-0.4, -0.2) is 37.4 Å². The van der Waals surface area contributed by atoms with Gasteiger partial charge in [-0.15, -0.1) is 0 Å². The lowest BCUT2D eigenvalue weighted by Gasteiger charge is -2.08. The minimum absolute atomic E-state index is 0.0371. The third-order valence-electron chi connectivity index (χ3n) is 3.73. The summed E-state index contributed by atoms with van der Waals surface area (Å²) < 4.78 is 13.5. The van der Waals surface area contributed by atoms with Crippen LogP contribution in [-0.2, 0) is 16.0 Å². The van der Waals surface area contributed by atoms with E-state index in [1.807, 2.05) is 30.3 Å². The maximum Gasteiger partial charge on any atom is 0.254 e. The van der Waals surface area contributed by atoms with Gasteiger partial charge in [0.05, 0.1) is 12.0 Å². The van der Waals surface area contributed by atoms with E-state index in [2.05, 4.69) is 16.0 Å².